The SMILES string of the molecule is CC(C)(C)C(NC(=O)c1cc2ccccc2[nH]1)C(=O)N1C[C@@H]2C[C@H]1CN2C(=O)[C@@H]1C[C@@H](O)CN1S(=O)(=O)c1ccc(Cl)cc1Cl. The molecule has 14 heteroatoms. The van der Waals surface area contributed by atoms with E-state index in [1.807, 2.05) is 45.0 Å². The van der Waals surface area contributed by atoms with Crippen LogP contribution in [0.3, 0.4) is 0 Å². The van der Waals surface area contributed by atoms with Crippen LogP contribution < -0.4 is 5.32 Å². The lowest BCUT2D eigenvalue weighted by Gasteiger charge is -2.40. The molecule has 3 fully saturated rings. The van der Waals surface area contributed by atoms with E-state index in [0.29, 0.717) is 12.1 Å². The summed E-state index contributed by atoms with van der Waals surface area (Å²) in [7, 11) is -4.22. The first-order chi connectivity index (χ1) is 21.1. The first-order valence-electron chi connectivity index (χ1n) is 14.8. The molecule has 2 aromatic carbocycles. The number of aromatic amines is 1. The van der Waals surface area contributed by atoms with Crippen LogP contribution in [0.2, 0.25) is 10.0 Å². The summed E-state index contributed by atoms with van der Waals surface area (Å²) in [5, 5.41) is 14.5. The molecule has 45 heavy (non-hydrogen) atoms. The number of β-amino-alcohol motifs (C(OH)–C–C–N with tert-alkyl or cyclic N) is 1. The molecule has 3 aliphatic heterocycles. The average Bonchev–Trinajstić information content (AvgIpc) is 3.76. The van der Waals surface area contributed by atoms with Crippen LogP contribution in [0.5, 0.6) is 0 Å². The first kappa shape index (κ1) is 31.8. The summed E-state index contributed by atoms with van der Waals surface area (Å²) >= 11 is 12.2. The van der Waals surface area contributed by atoms with Crippen LogP contribution in [0, 0.1) is 5.41 Å². The number of nitrogens with one attached hydrogen (secondary N) is 2. The van der Waals surface area contributed by atoms with Gasteiger partial charge in [-0.05, 0) is 42.2 Å². The van der Waals surface area contributed by atoms with E-state index in [-0.39, 0.29) is 64.9 Å². The number of halogens is 2. The van der Waals surface area contributed by atoms with Crippen molar-refractivity contribution in [2.45, 2.75) is 68.8 Å². The van der Waals surface area contributed by atoms with Gasteiger partial charge in [0.15, 0.2) is 0 Å². The van der Waals surface area contributed by atoms with Gasteiger partial charge in [0.05, 0.1) is 23.2 Å². The molecule has 4 heterocycles. The van der Waals surface area contributed by atoms with Gasteiger partial charge in [-0.1, -0.05) is 62.2 Å². The van der Waals surface area contributed by atoms with Gasteiger partial charge in [0.25, 0.3) is 5.91 Å². The molecule has 3 saturated heterocycles. The van der Waals surface area contributed by atoms with Gasteiger partial charge in [-0.15, -0.1) is 0 Å². The summed E-state index contributed by atoms with van der Waals surface area (Å²) in [6, 6.07) is 10.7. The largest absolute Gasteiger partial charge is 0.392 e. The second kappa shape index (κ2) is 11.6. The number of carbonyl (C=O) groups excluding carboxylic acids is 3. The minimum absolute atomic E-state index is 0.0499. The van der Waals surface area contributed by atoms with Crippen LogP contribution >= 0.6 is 23.2 Å². The normalized spacial score (nSPS) is 24.4. The van der Waals surface area contributed by atoms with Gasteiger partial charge in [0.1, 0.15) is 22.7 Å². The van der Waals surface area contributed by atoms with E-state index in [9.17, 15) is 27.9 Å². The lowest BCUT2D eigenvalue weighted by Crippen LogP contribution is -2.60. The third-order valence-corrected chi connectivity index (χ3v) is 11.6. The molecule has 11 nitrogen and oxygen atoms in total. The predicted molar refractivity (Wildman–Crippen MR) is 169 cm³/mol. The Morgan fingerprint density at radius 3 is 2.31 bits per heavy atom. The van der Waals surface area contributed by atoms with Crippen LogP contribution in [0.4, 0.5) is 0 Å². The Hall–Kier alpha value is -3.16. The number of amides is 3. The van der Waals surface area contributed by atoms with Crippen LogP contribution in [0.25, 0.3) is 10.9 Å². The topological polar surface area (TPSA) is 143 Å². The number of rotatable bonds is 6. The maximum absolute atomic E-state index is 13.9. The number of H-pyrrole nitrogens is 1. The van der Waals surface area contributed by atoms with Gasteiger partial charge in [0, 0.05) is 42.0 Å². The molecule has 1 aromatic heterocycles. The Labute approximate surface area is 271 Å². The zero-order valence-corrected chi connectivity index (χ0v) is 27.4. The highest BCUT2D eigenvalue weighted by atomic mass is 35.5. The summed E-state index contributed by atoms with van der Waals surface area (Å²) in [5.41, 5.74) is 0.574. The van der Waals surface area contributed by atoms with Crippen LogP contribution in [0.15, 0.2) is 53.4 Å². The molecule has 0 radical (unpaired) electrons. The minimum Gasteiger partial charge on any atom is -0.392 e. The fraction of sp³-hybridized carbons (Fsp3) is 0.452. The van der Waals surface area contributed by atoms with Crippen molar-refractivity contribution in [2.24, 2.45) is 5.41 Å². The highest BCUT2D eigenvalue weighted by molar-refractivity contribution is 7.89. The molecule has 1 unspecified atom stereocenters. The lowest BCUT2D eigenvalue weighted by molar-refractivity contribution is -0.144. The van der Waals surface area contributed by atoms with Crippen molar-refractivity contribution in [1.29, 1.82) is 0 Å². The fourth-order valence-corrected chi connectivity index (χ4v) is 9.08. The number of para-hydroxylation sites is 1. The zero-order chi connectivity index (χ0) is 32.4. The van der Waals surface area contributed by atoms with Gasteiger partial charge in [-0.25, -0.2) is 8.42 Å². The molecule has 2 bridgehead atoms. The number of aliphatic hydroxyl groups excluding tert-OH is 1. The summed E-state index contributed by atoms with van der Waals surface area (Å²) in [4.78, 5) is 47.3. The smallest absolute Gasteiger partial charge is 0.268 e. The van der Waals surface area contributed by atoms with Crippen molar-refractivity contribution in [3.63, 3.8) is 0 Å². The molecule has 5 atom stereocenters. The third kappa shape index (κ3) is 5.83. The molecule has 3 aromatic rings. The minimum atomic E-state index is -4.22. The van der Waals surface area contributed by atoms with E-state index in [1.54, 1.807) is 15.9 Å². The predicted octanol–water partition coefficient (Wildman–Crippen LogP) is 3.26. The Balaban J connectivity index is 1.16. The maximum Gasteiger partial charge on any atom is 0.268 e. The quantitative estimate of drug-likeness (QED) is 0.366. The van der Waals surface area contributed by atoms with Crippen molar-refractivity contribution in [3.05, 3.63) is 64.3 Å². The second-order valence-electron chi connectivity index (χ2n) is 13.1. The third-order valence-electron chi connectivity index (χ3n) is 8.97. The standard InChI is InChI=1S/C31H35Cl2N5O6S/c1-31(2,3)27(35-28(40)24-10-17-6-4-5-7-23(17)34-24)30(42)37-15-19-12-20(37)14-36(19)29(41)25-13-21(39)16-38(25)45(43,44)26-9-8-18(32)11-22(26)33/h4-11,19-21,25,27,34,39H,12-16H2,1-3H3,(H,35,40)/t19-,20-,21+,25-,27?/m0/s1. The van der Waals surface area contributed by atoms with Crippen LogP contribution in [-0.2, 0) is 19.6 Å². The summed E-state index contributed by atoms with van der Waals surface area (Å²) in [6.07, 6.45) is -0.535. The van der Waals surface area contributed by atoms with Crippen molar-refractivity contribution in [2.75, 3.05) is 19.6 Å². The number of nitrogens with zero attached hydrogens (tertiary/aromatic N) is 3. The molecule has 0 aliphatic carbocycles. The van der Waals surface area contributed by atoms with Gasteiger partial charge in [-0.3, -0.25) is 14.4 Å². The number of fused-ring (bicyclic) bond motifs is 3. The van der Waals surface area contributed by atoms with E-state index < -0.39 is 39.5 Å². The van der Waals surface area contributed by atoms with Crippen molar-refractivity contribution >= 4 is 61.8 Å². The van der Waals surface area contributed by atoms with Gasteiger partial charge in [0.2, 0.25) is 21.8 Å². The summed E-state index contributed by atoms with van der Waals surface area (Å²) in [5.74, 6) is -1.04. The first-order valence-corrected chi connectivity index (χ1v) is 17.0. The lowest BCUT2D eigenvalue weighted by atomic mass is 9.85. The Morgan fingerprint density at radius 1 is 0.978 bits per heavy atom. The van der Waals surface area contributed by atoms with E-state index in [4.69, 9.17) is 23.2 Å². The van der Waals surface area contributed by atoms with Gasteiger partial charge < -0.3 is 25.2 Å². The van der Waals surface area contributed by atoms with Gasteiger partial charge >= 0.3 is 0 Å². The average molecular weight is 677 g/mol. The summed E-state index contributed by atoms with van der Waals surface area (Å²) in [6.45, 7) is 5.91. The Morgan fingerprint density at radius 2 is 1.67 bits per heavy atom. The highest BCUT2D eigenvalue weighted by Crippen LogP contribution is 2.37. The molecule has 3 N–H and O–H groups in total. The molecule has 3 amide bonds. The Kier molecular flexibility index (Phi) is 8.18. The number of sulfonamides is 1. The van der Waals surface area contributed by atoms with Crippen molar-refractivity contribution < 1.29 is 27.9 Å². The van der Waals surface area contributed by atoms with Crippen LogP contribution in [0.1, 0.15) is 44.1 Å². The number of carbonyl (C=O) groups is 3. The highest BCUT2D eigenvalue weighted by Gasteiger charge is 2.53. The fourth-order valence-electron chi connectivity index (χ4n) is 6.70. The molecule has 0 spiro atoms. The van der Waals surface area contributed by atoms with E-state index in [2.05, 4.69) is 10.3 Å². The zero-order valence-electron chi connectivity index (χ0n) is 25.0. The number of hydrogen-bond donors (Lipinski definition) is 3. The summed E-state index contributed by atoms with van der Waals surface area (Å²) < 4.78 is 28.2. The molecule has 0 saturated carbocycles. The van der Waals surface area contributed by atoms with Gasteiger partial charge in [-0.2, -0.15) is 4.31 Å². The molecular weight excluding hydrogens is 641 g/mol. The van der Waals surface area contributed by atoms with Crippen LogP contribution in [-0.4, -0.2) is 100 Å². The number of piperazine rings is 1. The van der Waals surface area contributed by atoms with E-state index >= 15 is 0 Å². The maximum atomic E-state index is 13.9. The van der Waals surface area contributed by atoms with E-state index in [1.165, 1.54) is 18.2 Å². The number of aromatic nitrogens is 1. The number of hydrogen-bond acceptors (Lipinski definition) is 6. The molecule has 240 valence electrons. The number of benzene rings is 2. The molecular formula is C31H35Cl2N5O6S. The monoisotopic (exact) mass is 675 g/mol. The number of aliphatic hydroxyl groups is 1. The Bertz CT molecular complexity index is 1760. The van der Waals surface area contributed by atoms with Crippen molar-refractivity contribution in [3.8, 4) is 0 Å². The molecule has 6 rings (SSSR count). The number of likely N-dealkylation sites (tertiary alicyclic amines) is 2. The molecule has 3 aliphatic rings. The van der Waals surface area contributed by atoms with Crippen molar-refractivity contribution in [1.82, 2.24) is 24.4 Å². The van der Waals surface area contributed by atoms with E-state index in [0.717, 1.165) is 15.2 Å². The second-order valence-corrected chi connectivity index (χ2v) is 15.8.